The predicted octanol–water partition coefficient (Wildman–Crippen LogP) is 5.08. The van der Waals surface area contributed by atoms with Crippen molar-refractivity contribution in [3.05, 3.63) is 73.9 Å². The lowest BCUT2D eigenvalue weighted by molar-refractivity contribution is -0.118. The summed E-state index contributed by atoms with van der Waals surface area (Å²) in [5.74, 6) is 1.43. The van der Waals surface area contributed by atoms with Crippen molar-refractivity contribution < 1.29 is 14.3 Å². The van der Waals surface area contributed by atoms with Gasteiger partial charge in [0, 0.05) is 11.4 Å². The first-order valence-corrected chi connectivity index (χ1v) is 14.2. The summed E-state index contributed by atoms with van der Waals surface area (Å²) in [5, 5.41) is 4.25. The lowest BCUT2D eigenvalue weighted by atomic mass is 9.97. The lowest BCUT2D eigenvalue weighted by Crippen LogP contribution is -2.26. The molecule has 0 bridgehead atoms. The summed E-state index contributed by atoms with van der Waals surface area (Å²) in [4.78, 5) is 33.8. The normalized spacial score (nSPS) is 14.1. The fraction of sp³-hybridized carbons (Fsp3) is 0.321. The summed E-state index contributed by atoms with van der Waals surface area (Å²) in [5.41, 5.74) is 5.00. The Balaban J connectivity index is 1.29. The second-order valence-electron chi connectivity index (χ2n) is 9.47. The van der Waals surface area contributed by atoms with Gasteiger partial charge >= 0.3 is 0 Å². The monoisotopic (exact) mass is 533 g/mol. The molecule has 37 heavy (non-hydrogen) atoms. The molecule has 2 aromatic heterocycles. The van der Waals surface area contributed by atoms with Gasteiger partial charge < -0.3 is 14.8 Å². The molecule has 6 rings (SSSR count). The van der Waals surface area contributed by atoms with E-state index >= 15 is 0 Å². The summed E-state index contributed by atoms with van der Waals surface area (Å²) in [7, 11) is 0. The number of carbonyl (C=O) groups is 1. The van der Waals surface area contributed by atoms with Crippen LogP contribution in [0.4, 0.5) is 0 Å². The van der Waals surface area contributed by atoms with Crippen molar-refractivity contribution in [1.29, 1.82) is 0 Å². The topological polar surface area (TPSA) is 82.5 Å². The maximum Gasteiger partial charge on any atom is 0.267 e. The standard InChI is InChI=1S/C28H27N3O4S2/c1-16-7-9-20(17(2)11-16)31-27(33)25-19-5-3-4-6-23(19)37-26(25)30-28(31)36-14-24(32)29-13-18-8-10-21-22(12-18)35-15-34-21/h7-12H,3-6,13-15H2,1-2H3,(H,29,32). The van der Waals surface area contributed by atoms with Crippen LogP contribution in [0.15, 0.2) is 46.3 Å². The highest BCUT2D eigenvalue weighted by molar-refractivity contribution is 7.99. The molecule has 190 valence electrons. The van der Waals surface area contributed by atoms with Crippen LogP contribution in [0.2, 0.25) is 0 Å². The van der Waals surface area contributed by atoms with E-state index in [4.69, 9.17) is 14.5 Å². The number of carbonyl (C=O) groups excluding carboxylic acids is 1. The fourth-order valence-electron chi connectivity index (χ4n) is 4.98. The van der Waals surface area contributed by atoms with Crippen molar-refractivity contribution >= 4 is 39.2 Å². The third-order valence-electron chi connectivity index (χ3n) is 6.81. The van der Waals surface area contributed by atoms with Crippen molar-refractivity contribution in [3.63, 3.8) is 0 Å². The number of amides is 1. The number of aromatic nitrogens is 2. The van der Waals surface area contributed by atoms with E-state index in [9.17, 15) is 9.59 Å². The van der Waals surface area contributed by atoms with E-state index in [0.717, 1.165) is 58.3 Å². The number of hydrogen-bond donors (Lipinski definition) is 1. The Hall–Kier alpha value is -3.30. The zero-order valence-corrected chi connectivity index (χ0v) is 22.4. The van der Waals surface area contributed by atoms with Gasteiger partial charge in [0.05, 0.1) is 16.8 Å². The van der Waals surface area contributed by atoms with E-state index in [1.54, 1.807) is 15.9 Å². The van der Waals surface area contributed by atoms with Crippen LogP contribution in [0, 0.1) is 13.8 Å². The van der Waals surface area contributed by atoms with Crippen LogP contribution in [0.1, 0.15) is 40.0 Å². The molecule has 1 aliphatic heterocycles. The highest BCUT2D eigenvalue weighted by Gasteiger charge is 2.24. The van der Waals surface area contributed by atoms with Gasteiger partial charge in [0.1, 0.15) is 4.83 Å². The van der Waals surface area contributed by atoms with E-state index < -0.39 is 0 Å². The Morgan fingerprint density at radius 2 is 1.95 bits per heavy atom. The van der Waals surface area contributed by atoms with Gasteiger partial charge in [-0.1, -0.05) is 35.5 Å². The number of nitrogens with one attached hydrogen (secondary N) is 1. The van der Waals surface area contributed by atoms with Crippen LogP contribution in [0.5, 0.6) is 11.5 Å². The highest BCUT2D eigenvalue weighted by atomic mass is 32.2. The fourth-order valence-corrected chi connectivity index (χ4v) is 7.12. The summed E-state index contributed by atoms with van der Waals surface area (Å²) >= 11 is 2.92. The molecule has 0 atom stereocenters. The molecule has 2 aliphatic rings. The zero-order chi connectivity index (χ0) is 25.5. The molecule has 4 aromatic rings. The molecule has 0 radical (unpaired) electrons. The molecule has 7 nitrogen and oxygen atoms in total. The van der Waals surface area contributed by atoms with Crippen LogP contribution < -0.4 is 20.3 Å². The Morgan fingerprint density at radius 1 is 1.11 bits per heavy atom. The van der Waals surface area contributed by atoms with E-state index in [1.807, 2.05) is 44.2 Å². The lowest BCUT2D eigenvalue weighted by Gasteiger charge is -2.15. The van der Waals surface area contributed by atoms with Crippen molar-refractivity contribution in [2.75, 3.05) is 12.5 Å². The van der Waals surface area contributed by atoms with Crippen LogP contribution in [-0.4, -0.2) is 28.0 Å². The Labute approximate surface area is 222 Å². The smallest absolute Gasteiger partial charge is 0.267 e. The van der Waals surface area contributed by atoms with Crippen molar-refractivity contribution in [1.82, 2.24) is 14.9 Å². The number of fused-ring (bicyclic) bond motifs is 4. The molecule has 0 unspecified atom stereocenters. The summed E-state index contributed by atoms with van der Waals surface area (Å²) in [6, 6.07) is 11.7. The number of ether oxygens (including phenoxy) is 2. The maximum atomic E-state index is 14.0. The number of aryl methyl sites for hydroxylation is 4. The minimum absolute atomic E-state index is 0.0420. The molecule has 2 aromatic carbocycles. The third kappa shape index (κ3) is 4.62. The molecule has 3 heterocycles. The van der Waals surface area contributed by atoms with Gasteiger partial charge in [0.15, 0.2) is 16.7 Å². The second-order valence-corrected chi connectivity index (χ2v) is 11.5. The number of thioether (sulfide) groups is 1. The third-order valence-corrected chi connectivity index (χ3v) is 8.93. The first-order valence-electron chi connectivity index (χ1n) is 12.4. The van der Waals surface area contributed by atoms with Gasteiger partial charge in [-0.15, -0.1) is 11.3 Å². The van der Waals surface area contributed by atoms with Crippen LogP contribution in [0.25, 0.3) is 15.9 Å². The van der Waals surface area contributed by atoms with Gasteiger partial charge in [-0.05, 0) is 74.4 Å². The van der Waals surface area contributed by atoms with Gasteiger partial charge in [-0.3, -0.25) is 14.2 Å². The predicted molar refractivity (Wildman–Crippen MR) is 146 cm³/mol. The van der Waals surface area contributed by atoms with Crippen LogP contribution in [-0.2, 0) is 24.2 Å². The average molecular weight is 534 g/mol. The van der Waals surface area contributed by atoms with E-state index in [1.165, 1.54) is 22.2 Å². The number of rotatable bonds is 6. The van der Waals surface area contributed by atoms with Crippen molar-refractivity contribution in [2.24, 2.45) is 0 Å². The molecule has 1 aliphatic carbocycles. The number of benzene rings is 2. The molecule has 9 heteroatoms. The van der Waals surface area contributed by atoms with E-state index in [-0.39, 0.29) is 24.0 Å². The maximum absolute atomic E-state index is 14.0. The minimum atomic E-state index is -0.130. The first-order chi connectivity index (χ1) is 18.0. The molecule has 0 saturated heterocycles. The van der Waals surface area contributed by atoms with E-state index in [2.05, 4.69) is 11.4 Å². The van der Waals surface area contributed by atoms with Crippen molar-refractivity contribution in [2.45, 2.75) is 51.2 Å². The number of nitrogens with zero attached hydrogens (tertiary/aromatic N) is 2. The number of hydrogen-bond acceptors (Lipinski definition) is 7. The SMILES string of the molecule is Cc1ccc(-n2c(SCC(=O)NCc3ccc4c(c3)OCO4)nc3sc4c(c3c2=O)CCCC4)c(C)c1. The largest absolute Gasteiger partial charge is 0.454 e. The average Bonchev–Trinajstić information content (AvgIpc) is 3.51. The van der Waals surface area contributed by atoms with Gasteiger partial charge in [0.25, 0.3) is 5.56 Å². The quantitative estimate of drug-likeness (QED) is 0.275. The summed E-state index contributed by atoms with van der Waals surface area (Å²) < 4.78 is 12.5. The van der Waals surface area contributed by atoms with Crippen LogP contribution in [0.3, 0.4) is 0 Å². The van der Waals surface area contributed by atoms with E-state index in [0.29, 0.717) is 23.2 Å². The summed E-state index contributed by atoms with van der Waals surface area (Å²) in [6.07, 6.45) is 4.18. The molecule has 0 saturated carbocycles. The molecular formula is C28H27N3O4S2. The van der Waals surface area contributed by atoms with Crippen LogP contribution >= 0.6 is 23.1 Å². The Bertz CT molecular complexity index is 1590. The van der Waals surface area contributed by atoms with Gasteiger partial charge in [-0.25, -0.2) is 4.98 Å². The van der Waals surface area contributed by atoms with Gasteiger partial charge in [-0.2, -0.15) is 0 Å². The first kappa shape index (κ1) is 24.1. The Morgan fingerprint density at radius 3 is 2.81 bits per heavy atom. The Kier molecular flexibility index (Phi) is 6.42. The molecule has 0 fully saturated rings. The number of thiophene rings is 1. The molecule has 1 N–H and O–H groups in total. The van der Waals surface area contributed by atoms with Gasteiger partial charge in [0.2, 0.25) is 12.7 Å². The highest BCUT2D eigenvalue weighted by Crippen LogP contribution is 2.36. The molecular weight excluding hydrogens is 506 g/mol. The minimum Gasteiger partial charge on any atom is -0.454 e. The van der Waals surface area contributed by atoms with Crippen molar-refractivity contribution in [3.8, 4) is 17.2 Å². The molecule has 1 amide bonds. The summed E-state index contributed by atoms with van der Waals surface area (Å²) in [6.45, 7) is 4.64. The zero-order valence-electron chi connectivity index (χ0n) is 20.8. The second kappa shape index (κ2) is 9.87. The molecule has 0 spiro atoms.